The molecular weight excluding hydrogens is 254 g/mol. The number of carbonyl (C=O) groups is 2. The molecule has 20 heavy (non-hydrogen) atoms. The first-order chi connectivity index (χ1) is 9.19. The molecule has 0 saturated heterocycles. The summed E-state index contributed by atoms with van der Waals surface area (Å²) >= 11 is 0. The van der Waals surface area contributed by atoms with Gasteiger partial charge in [-0.3, -0.25) is 14.5 Å². The number of β-amino-alcohol motifs (C(OH)–C–C–N with tert-alkyl or cyclic N) is 1. The lowest BCUT2D eigenvalue weighted by Crippen LogP contribution is -2.38. The third-order valence-electron chi connectivity index (χ3n) is 3.37. The van der Waals surface area contributed by atoms with Crippen molar-refractivity contribution in [2.45, 2.75) is 40.2 Å². The molecule has 2 rings (SSSR count). The third kappa shape index (κ3) is 2.90. The number of hydrogen-bond acceptors (Lipinski definition) is 3. The van der Waals surface area contributed by atoms with E-state index in [1.54, 1.807) is 12.1 Å². The smallest absolute Gasteiger partial charge is 0.261 e. The highest BCUT2D eigenvalue weighted by Gasteiger charge is 2.36. The normalized spacial score (nSPS) is 16.6. The van der Waals surface area contributed by atoms with E-state index in [0.29, 0.717) is 17.5 Å². The fourth-order valence-electron chi connectivity index (χ4n) is 2.55. The van der Waals surface area contributed by atoms with Gasteiger partial charge in [0.05, 0.1) is 23.8 Å². The molecule has 1 atom stereocenters. The van der Waals surface area contributed by atoms with Crippen molar-refractivity contribution < 1.29 is 14.7 Å². The number of amides is 2. The van der Waals surface area contributed by atoms with Crippen molar-refractivity contribution in [2.75, 3.05) is 6.54 Å². The van der Waals surface area contributed by atoms with Crippen LogP contribution in [0.4, 0.5) is 0 Å². The van der Waals surface area contributed by atoms with Gasteiger partial charge in [-0.05, 0) is 30.9 Å². The summed E-state index contributed by atoms with van der Waals surface area (Å²) in [5.74, 6) is -0.611. The lowest BCUT2D eigenvalue weighted by molar-refractivity contribution is 0.0475. The zero-order valence-corrected chi connectivity index (χ0v) is 12.4. The second-order valence-corrected chi connectivity index (χ2v) is 6.69. The van der Waals surface area contributed by atoms with E-state index < -0.39 is 6.10 Å². The van der Waals surface area contributed by atoms with Gasteiger partial charge in [-0.15, -0.1) is 0 Å². The molecule has 0 aromatic heterocycles. The molecule has 1 aliphatic rings. The van der Waals surface area contributed by atoms with E-state index in [4.69, 9.17) is 0 Å². The van der Waals surface area contributed by atoms with Crippen LogP contribution in [0.5, 0.6) is 0 Å². The summed E-state index contributed by atoms with van der Waals surface area (Å²) in [6.07, 6.45) is -0.155. The van der Waals surface area contributed by atoms with Crippen LogP contribution in [-0.4, -0.2) is 34.5 Å². The van der Waals surface area contributed by atoms with Gasteiger partial charge in [0, 0.05) is 0 Å². The standard InChI is InChI=1S/C16H21NO3/c1-10-5-6-12-13(7-10)15(20)17(14(12)19)9-11(18)8-16(2,3)4/h5-7,11,18H,8-9H2,1-4H3. The van der Waals surface area contributed by atoms with Crippen LogP contribution < -0.4 is 0 Å². The molecule has 0 radical (unpaired) electrons. The zero-order chi connectivity index (χ0) is 15.1. The van der Waals surface area contributed by atoms with E-state index in [1.165, 1.54) is 0 Å². The highest BCUT2D eigenvalue weighted by molar-refractivity contribution is 6.21. The molecule has 0 spiro atoms. The SMILES string of the molecule is Cc1ccc2c(c1)C(=O)N(CC(O)CC(C)(C)C)C2=O. The summed E-state index contributed by atoms with van der Waals surface area (Å²) in [5, 5.41) is 10.1. The molecule has 1 aromatic rings. The first-order valence-electron chi connectivity index (χ1n) is 6.84. The van der Waals surface area contributed by atoms with Crippen LogP contribution in [0.1, 0.15) is 53.5 Å². The molecule has 0 aliphatic carbocycles. The van der Waals surface area contributed by atoms with E-state index in [0.717, 1.165) is 10.5 Å². The summed E-state index contributed by atoms with van der Waals surface area (Å²) in [4.78, 5) is 25.6. The largest absolute Gasteiger partial charge is 0.391 e. The Labute approximate surface area is 119 Å². The second kappa shape index (κ2) is 5.02. The Morgan fingerprint density at radius 1 is 1.15 bits per heavy atom. The van der Waals surface area contributed by atoms with Gasteiger partial charge in [-0.25, -0.2) is 0 Å². The van der Waals surface area contributed by atoms with E-state index in [2.05, 4.69) is 0 Å². The van der Waals surface area contributed by atoms with Crippen LogP contribution in [-0.2, 0) is 0 Å². The van der Waals surface area contributed by atoms with Crippen molar-refractivity contribution >= 4 is 11.8 Å². The van der Waals surface area contributed by atoms with Crippen LogP contribution in [0.15, 0.2) is 18.2 Å². The van der Waals surface area contributed by atoms with Gasteiger partial charge in [0.15, 0.2) is 0 Å². The van der Waals surface area contributed by atoms with Crippen molar-refractivity contribution in [3.05, 3.63) is 34.9 Å². The minimum absolute atomic E-state index is 0.0469. The number of rotatable bonds is 3. The van der Waals surface area contributed by atoms with Crippen LogP contribution in [0.3, 0.4) is 0 Å². The molecular formula is C16H21NO3. The summed E-state index contributed by atoms with van der Waals surface area (Å²) < 4.78 is 0. The number of benzene rings is 1. The molecule has 1 N–H and O–H groups in total. The van der Waals surface area contributed by atoms with Gasteiger partial charge in [-0.2, -0.15) is 0 Å². The predicted octanol–water partition coefficient (Wildman–Crippen LogP) is 2.39. The van der Waals surface area contributed by atoms with Crippen LogP contribution in [0.25, 0.3) is 0 Å². The van der Waals surface area contributed by atoms with E-state index in [-0.39, 0.29) is 23.8 Å². The van der Waals surface area contributed by atoms with Crippen LogP contribution in [0.2, 0.25) is 0 Å². The number of aryl methyl sites for hydroxylation is 1. The van der Waals surface area contributed by atoms with Crippen LogP contribution in [0, 0.1) is 12.3 Å². The molecule has 1 heterocycles. The number of hydrogen-bond donors (Lipinski definition) is 1. The number of nitrogens with zero attached hydrogens (tertiary/aromatic N) is 1. The molecule has 0 saturated carbocycles. The van der Waals surface area contributed by atoms with Crippen molar-refractivity contribution in [1.29, 1.82) is 0 Å². The molecule has 0 fully saturated rings. The van der Waals surface area contributed by atoms with Gasteiger partial charge in [0.1, 0.15) is 0 Å². The molecule has 4 nitrogen and oxygen atoms in total. The number of aliphatic hydroxyl groups excluding tert-OH is 1. The minimum atomic E-state index is -0.696. The molecule has 108 valence electrons. The Bertz CT molecular complexity index is 557. The maximum Gasteiger partial charge on any atom is 0.261 e. The zero-order valence-electron chi connectivity index (χ0n) is 12.4. The third-order valence-corrected chi connectivity index (χ3v) is 3.37. The van der Waals surface area contributed by atoms with E-state index in [1.807, 2.05) is 33.8 Å². The molecule has 4 heteroatoms. The highest BCUT2D eigenvalue weighted by atomic mass is 16.3. The van der Waals surface area contributed by atoms with Gasteiger partial charge >= 0.3 is 0 Å². The summed E-state index contributed by atoms with van der Waals surface area (Å²) in [5.41, 5.74) is 1.78. The summed E-state index contributed by atoms with van der Waals surface area (Å²) in [7, 11) is 0. The van der Waals surface area contributed by atoms with Crippen LogP contribution >= 0.6 is 0 Å². The van der Waals surface area contributed by atoms with Crippen molar-refractivity contribution in [3.63, 3.8) is 0 Å². The summed E-state index contributed by atoms with van der Waals surface area (Å²) in [6.45, 7) is 7.99. The fourth-order valence-corrected chi connectivity index (χ4v) is 2.55. The Morgan fingerprint density at radius 2 is 1.75 bits per heavy atom. The van der Waals surface area contributed by atoms with Crippen molar-refractivity contribution in [3.8, 4) is 0 Å². The maximum absolute atomic E-state index is 12.3. The van der Waals surface area contributed by atoms with Gasteiger partial charge in [0.2, 0.25) is 0 Å². The molecule has 2 amide bonds. The molecule has 1 aromatic carbocycles. The lowest BCUT2D eigenvalue weighted by Gasteiger charge is -2.25. The molecule has 1 unspecified atom stereocenters. The monoisotopic (exact) mass is 275 g/mol. The molecule has 1 aliphatic heterocycles. The maximum atomic E-state index is 12.3. The Hall–Kier alpha value is -1.68. The first-order valence-corrected chi connectivity index (χ1v) is 6.84. The average Bonchev–Trinajstić information content (AvgIpc) is 2.52. The predicted molar refractivity (Wildman–Crippen MR) is 76.6 cm³/mol. The van der Waals surface area contributed by atoms with E-state index >= 15 is 0 Å². The van der Waals surface area contributed by atoms with Crippen molar-refractivity contribution in [2.24, 2.45) is 5.41 Å². The minimum Gasteiger partial charge on any atom is -0.391 e. The summed E-state index contributed by atoms with van der Waals surface area (Å²) in [6, 6.07) is 5.23. The van der Waals surface area contributed by atoms with Crippen molar-refractivity contribution in [1.82, 2.24) is 4.90 Å². The second-order valence-electron chi connectivity index (χ2n) is 6.69. The number of aliphatic hydroxyl groups is 1. The first kappa shape index (κ1) is 14.7. The average molecular weight is 275 g/mol. The fraction of sp³-hybridized carbons (Fsp3) is 0.500. The quantitative estimate of drug-likeness (QED) is 0.862. The van der Waals surface area contributed by atoms with E-state index in [9.17, 15) is 14.7 Å². The lowest BCUT2D eigenvalue weighted by atomic mass is 9.89. The van der Waals surface area contributed by atoms with Gasteiger partial charge in [-0.1, -0.05) is 32.4 Å². The van der Waals surface area contributed by atoms with Gasteiger partial charge in [0.25, 0.3) is 11.8 Å². The Morgan fingerprint density at radius 3 is 2.35 bits per heavy atom. The molecule has 0 bridgehead atoms. The van der Waals surface area contributed by atoms with Gasteiger partial charge < -0.3 is 5.11 Å². The highest BCUT2D eigenvalue weighted by Crippen LogP contribution is 2.26. The Kier molecular flexibility index (Phi) is 3.69. The number of carbonyl (C=O) groups excluding carboxylic acids is 2. The number of fused-ring (bicyclic) bond motifs is 1. The Balaban J connectivity index is 2.17. The number of imide groups is 1. The topological polar surface area (TPSA) is 57.6 Å².